The standard InChI is InChI=1S/C38H54N2O6/c1-8-10-23-39(24-11-9-2)35(42)28-40(5,6)25-13-12-14-26-45-30-18-15-29(16-19-30)17-20-32(41)36-34(44-7)27-33-31(37(36)43)21-22-38(3,4)46-33/h15-22,27H,8-14,23-26,28H2,1-7H3/p+1/b20-17+. The van der Waals surface area contributed by atoms with Crippen LogP contribution in [0, 0.1) is 0 Å². The van der Waals surface area contributed by atoms with Crippen molar-refractivity contribution in [3.8, 4) is 23.0 Å². The number of nitrogens with zero attached hydrogens (tertiary/aromatic N) is 2. The zero-order chi connectivity index (χ0) is 33.7. The summed E-state index contributed by atoms with van der Waals surface area (Å²) in [5, 5.41) is 10.9. The number of phenolic OH excluding ortho intramolecular Hbond substituents is 1. The van der Waals surface area contributed by atoms with Crippen molar-refractivity contribution in [2.45, 2.75) is 78.2 Å². The number of amides is 1. The highest BCUT2D eigenvalue weighted by Gasteiger charge is 2.28. The van der Waals surface area contributed by atoms with Crippen LogP contribution in [0.15, 0.2) is 42.5 Å². The zero-order valence-electron chi connectivity index (χ0n) is 29.1. The summed E-state index contributed by atoms with van der Waals surface area (Å²) in [5.74, 6) is 1.24. The van der Waals surface area contributed by atoms with Gasteiger partial charge in [0.05, 0.1) is 39.9 Å². The summed E-state index contributed by atoms with van der Waals surface area (Å²) in [6.07, 6.45) is 14.1. The van der Waals surface area contributed by atoms with E-state index in [2.05, 4.69) is 32.8 Å². The number of unbranched alkanes of at least 4 members (excludes halogenated alkanes) is 4. The van der Waals surface area contributed by atoms with Crippen molar-refractivity contribution in [2.75, 3.05) is 54.0 Å². The Morgan fingerprint density at radius 2 is 1.67 bits per heavy atom. The van der Waals surface area contributed by atoms with E-state index in [0.29, 0.717) is 28.9 Å². The maximum absolute atomic E-state index is 13.1. The molecule has 0 unspecified atom stereocenters. The van der Waals surface area contributed by atoms with Crippen molar-refractivity contribution < 1.29 is 33.4 Å². The average molecular weight is 636 g/mol. The van der Waals surface area contributed by atoms with Crippen LogP contribution in [0.1, 0.15) is 94.1 Å². The van der Waals surface area contributed by atoms with Gasteiger partial charge in [0, 0.05) is 19.2 Å². The van der Waals surface area contributed by atoms with Crippen LogP contribution in [0.5, 0.6) is 23.0 Å². The highest BCUT2D eigenvalue weighted by atomic mass is 16.5. The Morgan fingerprint density at radius 3 is 2.30 bits per heavy atom. The molecule has 3 rings (SSSR count). The molecule has 0 atom stereocenters. The van der Waals surface area contributed by atoms with Gasteiger partial charge < -0.3 is 28.7 Å². The molecule has 0 aromatic heterocycles. The molecule has 8 nitrogen and oxygen atoms in total. The van der Waals surface area contributed by atoms with Gasteiger partial charge in [0.1, 0.15) is 34.2 Å². The highest BCUT2D eigenvalue weighted by Crippen LogP contribution is 2.43. The maximum Gasteiger partial charge on any atom is 0.277 e. The molecule has 0 saturated heterocycles. The fourth-order valence-corrected chi connectivity index (χ4v) is 5.43. The number of carbonyl (C=O) groups is 2. The lowest BCUT2D eigenvalue weighted by Crippen LogP contribution is -2.49. The second kappa shape index (κ2) is 17.2. The molecule has 2 aromatic carbocycles. The minimum Gasteiger partial charge on any atom is -0.506 e. The van der Waals surface area contributed by atoms with E-state index in [1.807, 2.05) is 44.2 Å². The lowest BCUT2D eigenvalue weighted by Gasteiger charge is -2.32. The topological polar surface area (TPSA) is 85.3 Å². The fraction of sp³-hybridized carbons (Fsp3) is 0.526. The van der Waals surface area contributed by atoms with E-state index in [0.717, 1.165) is 75.9 Å². The maximum atomic E-state index is 13.1. The summed E-state index contributed by atoms with van der Waals surface area (Å²) in [4.78, 5) is 28.1. The van der Waals surface area contributed by atoms with E-state index in [-0.39, 0.29) is 28.8 Å². The first-order chi connectivity index (χ1) is 21.9. The molecule has 0 bridgehead atoms. The molecule has 0 aliphatic carbocycles. The first kappa shape index (κ1) is 36.7. The fourth-order valence-electron chi connectivity index (χ4n) is 5.43. The first-order valence-electron chi connectivity index (χ1n) is 16.8. The summed E-state index contributed by atoms with van der Waals surface area (Å²) < 4.78 is 18.0. The van der Waals surface area contributed by atoms with Crippen LogP contribution in [0.2, 0.25) is 0 Å². The van der Waals surface area contributed by atoms with Gasteiger partial charge in [-0.2, -0.15) is 0 Å². The molecule has 0 saturated carbocycles. The smallest absolute Gasteiger partial charge is 0.277 e. The Morgan fingerprint density at radius 1 is 1.00 bits per heavy atom. The number of ketones is 1. The van der Waals surface area contributed by atoms with Crippen LogP contribution in [-0.4, -0.2) is 85.8 Å². The molecular weight excluding hydrogens is 580 g/mol. The van der Waals surface area contributed by atoms with Crippen molar-refractivity contribution in [2.24, 2.45) is 0 Å². The van der Waals surface area contributed by atoms with Gasteiger partial charge in [-0.15, -0.1) is 0 Å². The van der Waals surface area contributed by atoms with E-state index >= 15 is 0 Å². The van der Waals surface area contributed by atoms with E-state index in [1.165, 1.54) is 13.2 Å². The molecule has 8 heteroatoms. The number of aromatic hydroxyl groups is 1. The number of ether oxygens (including phenoxy) is 3. The lowest BCUT2D eigenvalue weighted by molar-refractivity contribution is -0.883. The third-order valence-corrected chi connectivity index (χ3v) is 8.22. The van der Waals surface area contributed by atoms with E-state index in [4.69, 9.17) is 14.2 Å². The number of methoxy groups -OCH3 is 1. The highest BCUT2D eigenvalue weighted by molar-refractivity contribution is 6.11. The number of likely N-dealkylation sites (N-methyl/N-ethyl adjacent to an activating group) is 1. The summed E-state index contributed by atoms with van der Waals surface area (Å²) in [7, 11) is 5.76. The molecule has 1 amide bonds. The predicted octanol–water partition coefficient (Wildman–Crippen LogP) is 7.54. The van der Waals surface area contributed by atoms with Crippen molar-refractivity contribution in [1.29, 1.82) is 0 Å². The van der Waals surface area contributed by atoms with Crippen LogP contribution in [-0.2, 0) is 4.79 Å². The van der Waals surface area contributed by atoms with Crippen LogP contribution in [0.25, 0.3) is 12.2 Å². The van der Waals surface area contributed by atoms with Gasteiger partial charge in [-0.25, -0.2) is 0 Å². The number of rotatable bonds is 19. The van der Waals surface area contributed by atoms with E-state index in [9.17, 15) is 14.7 Å². The Kier molecular flexibility index (Phi) is 13.7. The normalized spacial score (nSPS) is 13.7. The third-order valence-electron chi connectivity index (χ3n) is 8.22. The average Bonchev–Trinajstić information content (AvgIpc) is 3.01. The number of hydrogen-bond donors (Lipinski definition) is 1. The molecule has 0 radical (unpaired) electrons. The molecule has 0 fully saturated rings. The van der Waals surface area contributed by atoms with Crippen molar-refractivity contribution >= 4 is 23.8 Å². The zero-order valence-corrected chi connectivity index (χ0v) is 29.1. The second-order valence-corrected chi connectivity index (χ2v) is 13.3. The Balaban J connectivity index is 1.45. The van der Waals surface area contributed by atoms with Crippen LogP contribution in [0.4, 0.5) is 0 Å². The van der Waals surface area contributed by atoms with E-state index < -0.39 is 5.60 Å². The molecule has 1 aliphatic rings. The number of carbonyl (C=O) groups excluding carboxylic acids is 2. The third kappa shape index (κ3) is 10.9. The monoisotopic (exact) mass is 635 g/mol. The molecule has 252 valence electrons. The molecular formula is C38H55N2O6+. The van der Waals surface area contributed by atoms with Crippen molar-refractivity contribution in [3.63, 3.8) is 0 Å². The largest absolute Gasteiger partial charge is 0.506 e. The predicted molar refractivity (Wildman–Crippen MR) is 186 cm³/mol. The molecule has 2 aromatic rings. The lowest BCUT2D eigenvalue weighted by atomic mass is 9.97. The molecule has 0 spiro atoms. The summed E-state index contributed by atoms with van der Waals surface area (Å²) in [6, 6.07) is 9.21. The summed E-state index contributed by atoms with van der Waals surface area (Å²) in [6.45, 7) is 12.0. The molecule has 1 heterocycles. The number of quaternary nitrogens is 1. The number of hydrogen-bond acceptors (Lipinski definition) is 6. The summed E-state index contributed by atoms with van der Waals surface area (Å²) >= 11 is 0. The quantitative estimate of drug-likeness (QED) is 0.0743. The van der Waals surface area contributed by atoms with Gasteiger partial charge >= 0.3 is 0 Å². The van der Waals surface area contributed by atoms with Gasteiger partial charge in [-0.1, -0.05) is 44.9 Å². The molecule has 46 heavy (non-hydrogen) atoms. The minimum absolute atomic E-state index is 0.0973. The Hall–Kier alpha value is -3.78. The number of phenols is 1. The van der Waals surface area contributed by atoms with Gasteiger partial charge in [0.25, 0.3) is 5.91 Å². The summed E-state index contributed by atoms with van der Waals surface area (Å²) in [5.41, 5.74) is 0.873. The van der Waals surface area contributed by atoms with Crippen LogP contribution in [0.3, 0.4) is 0 Å². The molecule has 1 N–H and O–H groups in total. The van der Waals surface area contributed by atoms with Gasteiger partial charge in [0.2, 0.25) is 0 Å². The SMILES string of the molecule is CCCCN(CCCC)C(=O)C[N+](C)(C)CCCCCOc1ccc(/C=C/C(=O)c2c(OC)cc3c(c2O)C=CC(C)(C)O3)cc1. The van der Waals surface area contributed by atoms with E-state index in [1.54, 1.807) is 18.2 Å². The number of allylic oxidation sites excluding steroid dienone is 1. The van der Waals surface area contributed by atoms with Gasteiger partial charge in [-0.05, 0) is 81.9 Å². The van der Waals surface area contributed by atoms with Crippen molar-refractivity contribution in [3.05, 3.63) is 59.2 Å². The minimum atomic E-state index is -0.519. The molecule has 1 aliphatic heterocycles. The Labute approximate surface area is 276 Å². The Bertz CT molecular complexity index is 1350. The number of benzene rings is 2. The number of fused-ring (bicyclic) bond motifs is 1. The van der Waals surface area contributed by atoms with Crippen LogP contribution < -0.4 is 14.2 Å². The van der Waals surface area contributed by atoms with Gasteiger partial charge in [-0.3, -0.25) is 9.59 Å². The second-order valence-electron chi connectivity index (χ2n) is 13.3. The first-order valence-corrected chi connectivity index (χ1v) is 16.8. The van der Waals surface area contributed by atoms with Crippen molar-refractivity contribution in [1.82, 2.24) is 4.90 Å². The van der Waals surface area contributed by atoms with Crippen LogP contribution >= 0.6 is 0 Å². The van der Waals surface area contributed by atoms with Gasteiger partial charge in [0.15, 0.2) is 12.3 Å².